The molecule has 14 heteroatoms. The maximum atomic E-state index is 12.9. The summed E-state index contributed by atoms with van der Waals surface area (Å²) >= 11 is 0. The standard InChI is InChI=1S/C22H22N10O4/c1-3-30(4-2)16-9-5-14(6-10-16)13-24-26-22(33)18-19(15-7-11-17(12-8-15)32(34)35)31(29-25-18)21-20(23)27-36-28-21/h5-13H,3-4H2,1-2H3,(H2,23,27)(H,26,33)/b24-13-. The summed E-state index contributed by atoms with van der Waals surface area (Å²) in [5.74, 6) is -0.742. The Bertz CT molecular complexity index is 1390. The Morgan fingerprint density at radius 1 is 1.17 bits per heavy atom. The summed E-state index contributed by atoms with van der Waals surface area (Å²) in [5, 5.41) is 30.2. The summed E-state index contributed by atoms with van der Waals surface area (Å²) in [6, 6.07) is 13.2. The van der Waals surface area contributed by atoms with E-state index in [2.05, 4.69) is 54.5 Å². The van der Waals surface area contributed by atoms with Gasteiger partial charge in [-0.15, -0.1) is 5.10 Å². The van der Waals surface area contributed by atoms with Crippen LogP contribution in [0.5, 0.6) is 0 Å². The molecule has 0 unspecified atom stereocenters. The monoisotopic (exact) mass is 490 g/mol. The highest BCUT2D eigenvalue weighted by molar-refractivity contribution is 5.98. The maximum absolute atomic E-state index is 12.9. The summed E-state index contributed by atoms with van der Waals surface area (Å²) < 4.78 is 5.80. The third-order valence-corrected chi connectivity index (χ3v) is 5.33. The zero-order chi connectivity index (χ0) is 25.7. The summed E-state index contributed by atoms with van der Waals surface area (Å²) in [4.78, 5) is 25.7. The highest BCUT2D eigenvalue weighted by Gasteiger charge is 2.25. The summed E-state index contributed by atoms with van der Waals surface area (Å²) in [6.07, 6.45) is 1.50. The van der Waals surface area contributed by atoms with Gasteiger partial charge in [-0.05, 0) is 54.0 Å². The number of benzene rings is 2. The van der Waals surface area contributed by atoms with Crippen molar-refractivity contribution in [3.63, 3.8) is 0 Å². The Labute approximate surface area is 204 Å². The second kappa shape index (κ2) is 10.4. The Morgan fingerprint density at radius 2 is 1.86 bits per heavy atom. The molecular weight excluding hydrogens is 468 g/mol. The number of anilines is 2. The molecule has 184 valence electrons. The molecule has 0 saturated carbocycles. The van der Waals surface area contributed by atoms with Crippen molar-refractivity contribution in [2.45, 2.75) is 13.8 Å². The fourth-order valence-corrected chi connectivity index (χ4v) is 3.50. The van der Waals surface area contributed by atoms with Crippen molar-refractivity contribution in [2.24, 2.45) is 5.10 Å². The molecule has 0 atom stereocenters. The quantitative estimate of drug-likeness (QED) is 0.201. The fraction of sp³-hybridized carbons (Fsp3) is 0.182. The largest absolute Gasteiger partial charge is 0.378 e. The lowest BCUT2D eigenvalue weighted by molar-refractivity contribution is -0.384. The minimum atomic E-state index is -0.666. The molecule has 3 N–H and O–H groups in total. The van der Waals surface area contributed by atoms with E-state index in [1.54, 1.807) is 0 Å². The van der Waals surface area contributed by atoms with Crippen LogP contribution in [0.3, 0.4) is 0 Å². The fourth-order valence-electron chi connectivity index (χ4n) is 3.50. The lowest BCUT2D eigenvalue weighted by atomic mass is 10.1. The molecule has 2 aromatic carbocycles. The van der Waals surface area contributed by atoms with Gasteiger partial charge in [0.05, 0.1) is 11.1 Å². The Morgan fingerprint density at radius 3 is 2.44 bits per heavy atom. The van der Waals surface area contributed by atoms with Gasteiger partial charge in [-0.3, -0.25) is 14.9 Å². The maximum Gasteiger partial charge on any atom is 0.294 e. The minimum absolute atomic E-state index is 0.00620. The zero-order valence-corrected chi connectivity index (χ0v) is 19.4. The van der Waals surface area contributed by atoms with E-state index in [0.29, 0.717) is 5.56 Å². The van der Waals surface area contributed by atoms with E-state index >= 15 is 0 Å². The van der Waals surface area contributed by atoms with Gasteiger partial charge in [0.1, 0.15) is 5.69 Å². The molecule has 14 nitrogen and oxygen atoms in total. The molecule has 0 fully saturated rings. The highest BCUT2D eigenvalue weighted by atomic mass is 16.6. The lowest BCUT2D eigenvalue weighted by Crippen LogP contribution is -2.21. The van der Waals surface area contributed by atoms with Gasteiger partial charge in [0, 0.05) is 36.5 Å². The van der Waals surface area contributed by atoms with E-state index < -0.39 is 10.8 Å². The number of aromatic nitrogens is 5. The first kappa shape index (κ1) is 24.0. The van der Waals surface area contributed by atoms with E-state index in [1.165, 1.54) is 30.5 Å². The van der Waals surface area contributed by atoms with Gasteiger partial charge in [0.15, 0.2) is 5.69 Å². The molecule has 4 rings (SSSR count). The van der Waals surface area contributed by atoms with E-state index in [0.717, 1.165) is 29.0 Å². The van der Waals surface area contributed by atoms with Gasteiger partial charge in [-0.2, -0.15) is 9.78 Å². The van der Waals surface area contributed by atoms with Crippen LogP contribution in [0, 0.1) is 10.1 Å². The lowest BCUT2D eigenvalue weighted by Gasteiger charge is -2.20. The highest BCUT2D eigenvalue weighted by Crippen LogP contribution is 2.28. The van der Waals surface area contributed by atoms with Crippen LogP contribution in [0.4, 0.5) is 17.2 Å². The first-order valence-electron chi connectivity index (χ1n) is 10.9. The van der Waals surface area contributed by atoms with Crippen LogP contribution >= 0.6 is 0 Å². The summed E-state index contributed by atoms with van der Waals surface area (Å²) in [7, 11) is 0. The van der Waals surface area contributed by atoms with Gasteiger partial charge >= 0.3 is 0 Å². The van der Waals surface area contributed by atoms with E-state index in [9.17, 15) is 14.9 Å². The number of hydrazone groups is 1. The molecule has 2 heterocycles. The van der Waals surface area contributed by atoms with Crippen molar-refractivity contribution in [2.75, 3.05) is 23.7 Å². The van der Waals surface area contributed by atoms with Crippen LogP contribution in [-0.4, -0.2) is 55.4 Å². The number of nitrogens with one attached hydrogen (secondary N) is 1. The molecule has 0 spiro atoms. The van der Waals surface area contributed by atoms with E-state index in [-0.39, 0.29) is 28.7 Å². The van der Waals surface area contributed by atoms with Gasteiger partial charge in [0.25, 0.3) is 11.6 Å². The van der Waals surface area contributed by atoms with Gasteiger partial charge in [-0.25, -0.2) is 10.1 Å². The number of hydrogen-bond acceptors (Lipinski definition) is 11. The SMILES string of the molecule is CCN(CC)c1ccc(/C=N\NC(=O)c2nnn(-c3nonc3N)c2-c2ccc([N+](=O)[O-])cc2)cc1. The number of non-ortho nitro benzene ring substituents is 1. The number of carbonyl (C=O) groups excluding carboxylic acids is 1. The summed E-state index contributed by atoms with van der Waals surface area (Å²) in [6.45, 7) is 5.97. The number of hydrogen-bond donors (Lipinski definition) is 2. The van der Waals surface area contributed by atoms with Crippen molar-refractivity contribution in [3.8, 4) is 17.1 Å². The first-order valence-corrected chi connectivity index (χ1v) is 10.9. The predicted molar refractivity (Wildman–Crippen MR) is 131 cm³/mol. The Balaban J connectivity index is 1.60. The van der Waals surface area contributed by atoms with Crippen molar-refractivity contribution >= 4 is 29.3 Å². The molecule has 4 aromatic rings. The normalized spacial score (nSPS) is 11.1. The smallest absolute Gasteiger partial charge is 0.294 e. The molecular formula is C22H22N10O4. The number of nitro benzene ring substituents is 1. The molecule has 1 amide bonds. The summed E-state index contributed by atoms with van der Waals surface area (Å²) in [5.41, 5.74) is 10.4. The van der Waals surface area contributed by atoms with Crippen molar-refractivity contribution in [1.29, 1.82) is 0 Å². The second-order valence-electron chi connectivity index (χ2n) is 7.44. The Kier molecular flexibility index (Phi) is 6.95. The predicted octanol–water partition coefficient (Wildman–Crippen LogP) is 2.42. The van der Waals surface area contributed by atoms with Gasteiger partial charge in [-0.1, -0.05) is 17.3 Å². The van der Waals surface area contributed by atoms with Crippen molar-refractivity contribution in [1.82, 2.24) is 30.7 Å². The number of amides is 1. The average molecular weight is 490 g/mol. The number of nitrogen functional groups attached to an aromatic ring is 1. The van der Waals surface area contributed by atoms with Gasteiger partial charge < -0.3 is 10.6 Å². The number of carbonyl (C=O) groups is 1. The van der Waals surface area contributed by atoms with Crippen LogP contribution in [0.1, 0.15) is 29.9 Å². The van der Waals surface area contributed by atoms with E-state index in [1.807, 2.05) is 24.3 Å². The van der Waals surface area contributed by atoms with Crippen LogP contribution in [-0.2, 0) is 0 Å². The average Bonchev–Trinajstić information content (AvgIpc) is 3.51. The molecule has 2 aromatic heterocycles. The minimum Gasteiger partial charge on any atom is -0.378 e. The topological polar surface area (TPSA) is 183 Å². The van der Waals surface area contributed by atoms with Crippen LogP contribution in [0.25, 0.3) is 17.1 Å². The third kappa shape index (κ3) is 4.86. The zero-order valence-electron chi connectivity index (χ0n) is 19.4. The molecule has 0 bridgehead atoms. The molecule has 0 aliphatic rings. The number of nitrogens with zero attached hydrogens (tertiary/aromatic N) is 8. The number of nitro groups is 1. The number of nitrogens with two attached hydrogens (primary N) is 1. The molecule has 0 aliphatic heterocycles. The van der Waals surface area contributed by atoms with Crippen LogP contribution < -0.4 is 16.1 Å². The Hall–Kier alpha value is -5.14. The molecule has 0 radical (unpaired) electrons. The molecule has 36 heavy (non-hydrogen) atoms. The van der Waals surface area contributed by atoms with Crippen LogP contribution in [0.15, 0.2) is 58.3 Å². The molecule has 0 saturated heterocycles. The van der Waals surface area contributed by atoms with Crippen molar-refractivity contribution < 1.29 is 14.3 Å². The third-order valence-electron chi connectivity index (χ3n) is 5.33. The van der Waals surface area contributed by atoms with Crippen molar-refractivity contribution in [3.05, 3.63) is 69.9 Å². The number of rotatable bonds is 9. The second-order valence-corrected chi connectivity index (χ2v) is 7.44. The van der Waals surface area contributed by atoms with Gasteiger partial charge in [0.2, 0.25) is 11.6 Å². The first-order chi connectivity index (χ1) is 17.4. The molecule has 0 aliphatic carbocycles. The van der Waals surface area contributed by atoms with E-state index in [4.69, 9.17) is 5.73 Å². The van der Waals surface area contributed by atoms with Crippen LogP contribution in [0.2, 0.25) is 0 Å².